The van der Waals surface area contributed by atoms with Crippen LogP contribution in [-0.2, 0) is 6.42 Å². The van der Waals surface area contributed by atoms with Crippen molar-refractivity contribution in [3.05, 3.63) is 59.7 Å². The van der Waals surface area contributed by atoms with Crippen molar-refractivity contribution < 1.29 is 9.90 Å². The number of para-hydroxylation sites is 2. The van der Waals surface area contributed by atoms with Crippen molar-refractivity contribution in [2.45, 2.75) is 6.42 Å². The number of benzene rings is 2. The first-order valence-corrected chi connectivity index (χ1v) is 9.92. The summed E-state index contributed by atoms with van der Waals surface area (Å²) < 4.78 is 0. The van der Waals surface area contributed by atoms with Crippen LogP contribution >= 0.6 is 24.0 Å². The standard InChI is InChI=1S/C22H29N5O2.HI/c1-23-21(29)18-7-5-6-17(16-18)10-11-25-22(24-2)27-14-12-26(13-15-27)19-8-3-4-9-20(19)28;/h3-9,16,28H,10-15H2,1-2H3,(H,23,29)(H,24,25);1H. The minimum absolute atomic E-state index is 0. The minimum Gasteiger partial charge on any atom is -0.506 e. The maximum atomic E-state index is 11.8. The van der Waals surface area contributed by atoms with Gasteiger partial charge in [-0.1, -0.05) is 24.3 Å². The van der Waals surface area contributed by atoms with E-state index in [0.717, 1.165) is 56.4 Å². The van der Waals surface area contributed by atoms with Crippen LogP contribution < -0.4 is 15.5 Å². The van der Waals surface area contributed by atoms with Crippen molar-refractivity contribution in [1.82, 2.24) is 15.5 Å². The fourth-order valence-electron chi connectivity index (χ4n) is 3.55. The summed E-state index contributed by atoms with van der Waals surface area (Å²) >= 11 is 0. The predicted octanol–water partition coefficient (Wildman–Crippen LogP) is 2.31. The van der Waals surface area contributed by atoms with Crippen LogP contribution in [0.25, 0.3) is 0 Å². The van der Waals surface area contributed by atoms with Gasteiger partial charge in [0, 0.05) is 52.4 Å². The zero-order valence-corrected chi connectivity index (χ0v) is 19.8. The number of anilines is 1. The van der Waals surface area contributed by atoms with Crippen molar-refractivity contribution in [3.63, 3.8) is 0 Å². The zero-order valence-electron chi connectivity index (χ0n) is 17.5. The Labute approximate surface area is 195 Å². The van der Waals surface area contributed by atoms with Crippen LogP contribution in [0.2, 0.25) is 0 Å². The molecule has 0 radical (unpaired) electrons. The summed E-state index contributed by atoms with van der Waals surface area (Å²) in [5, 5.41) is 16.1. The highest BCUT2D eigenvalue weighted by Gasteiger charge is 2.21. The third-order valence-corrected chi connectivity index (χ3v) is 5.13. The molecule has 0 atom stereocenters. The Hall–Kier alpha value is -2.49. The molecule has 0 aromatic heterocycles. The number of carbonyl (C=O) groups excluding carboxylic acids is 1. The molecule has 1 fully saturated rings. The number of aromatic hydroxyl groups is 1. The molecule has 0 aliphatic carbocycles. The van der Waals surface area contributed by atoms with E-state index >= 15 is 0 Å². The minimum atomic E-state index is -0.0713. The first kappa shape index (κ1) is 23.8. The summed E-state index contributed by atoms with van der Waals surface area (Å²) in [7, 11) is 3.43. The topological polar surface area (TPSA) is 80.2 Å². The van der Waals surface area contributed by atoms with Gasteiger partial charge in [0.1, 0.15) is 5.75 Å². The van der Waals surface area contributed by atoms with Crippen LogP contribution in [0.3, 0.4) is 0 Å². The molecular weight excluding hydrogens is 493 g/mol. The molecule has 0 saturated carbocycles. The molecule has 1 saturated heterocycles. The molecule has 0 unspecified atom stereocenters. The lowest BCUT2D eigenvalue weighted by molar-refractivity contribution is 0.0963. The number of aliphatic imine (C=N–C) groups is 1. The summed E-state index contributed by atoms with van der Waals surface area (Å²) in [6, 6.07) is 15.1. The highest BCUT2D eigenvalue weighted by Crippen LogP contribution is 2.27. The maximum absolute atomic E-state index is 11.8. The molecule has 0 spiro atoms. The summed E-state index contributed by atoms with van der Waals surface area (Å²) in [6.07, 6.45) is 0.807. The average Bonchev–Trinajstić information content (AvgIpc) is 2.77. The van der Waals surface area contributed by atoms with Gasteiger partial charge in [0.15, 0.2) is 5.96 Å². The van der Waals surface area contributed by atoms with Gasteiger partial charge in [-0.15, -0.1) is 24.0 Å². The van der Waals surface area contributed by atoms with Gasteiger partial charge in [0.2, 0.25) is 0 Å². The fraction of sp³-hybridized carbons (Fsp3) is 0.364. The van der Waals surface area contributed by atoms with Gasteiger partial charge < -0.3 is 25.5 Å². The number of rotatable bonds is 5. The number of piperazine rings is 1. The second kappa shape index (κ2) is 11.6. The number of amides is 1. The van der Waals surface area contributed by atoms with Crippen LogP contribution in [0.15, 0.2) is 53.5 Å². The Morgan fingerprint density at radius 3 is 2.50 bits per heavy atom. The number of hydrogen-bond acceptors (Lipinski definition) is 4. The zero-order chi connectivity index (χ0) is 20.6. The van der Waals surface area contributed by atoms with Crippen LogP contribution in [0, 0.1) is 0 Å². The Morgan fingerprint density at radius 2 is 1.83 bits per heavy atom. The second-order valence-electron chi connectivity index (χ2n) is 6.97. The highest BCUT2D eigenvalue weighted by molar-refractivity contribution is 14.0. The quantitative estimate of drug-likeness (QED) is 0.319. The molecule has 3 rings (SSSR count). The summed E-state index contributed by atoms with van der Waals surface area (Å²) in [5.74, 6) is 1.13. The van der Waals surface area contributed by atoms with E-state index in [1.54, 1.807) is 20.2 Å². The van der Waals surface area contributed by atoms with Crippen molar-refractivity contribution in [1.29, 1.82) is 0 Å². The van der Waals surface area contributed by atoms with E-state index in [1.165, 1.54) is 0 Å². The summed E-state index contributed by atoms with van der Waals surface area (Å²) in [4.78, 5) is 20.6. The van der Waals surface area contributed by atoms with Crippen LogP contribution in [-0.4, -0.2) is 68.7 Å². The van der Waals surface area contributed by atoms with Crippen LogP contribution in [0.5, 0.6) is 5.75 Å². The van der Waals surface area contributed by atoms with E-state index in [0.29, 0.717) is 11.3 Å². The lowest BCUT2D eigenvalue weighted by Gasteiger charge is -2.37. The van der Waals surface area contributed by atoms with E-state index < -0.39 is 0 Å². The van der Waals surface area contributed by atoms with E-state index in [1.807, 2.05) is 42.5 Å². The van der Waals surface area contributed by atoms with Crippen molar-refractivity contribution in [2.24, 2.45) is 4.99 Å². The molecule has 1 aliphatic rings. The largest absolute Gasteiger partial charge is 0.506 e. The molecular formula is C22H30IN5O2. The third-order valence-electron chi connectivity index (χ3n) is 5.13. The number of phenolic OH excluding ortho intramolecular Hbond substituents is 1. The molecule has 0 bridgehead atoms. The number of phenols is 1. The lowest BCUT2D eigenvalue weighted by Crippen LogP contribution is -2.52. The van der Waals surface area contributed by atoms with E-state index in [-0.39, 0.29) is 29.9 Å². The van der Waals surface area contributed by atoms with E-state index in [4.69, 9.17) is 0 Å². The lowest BCUT2D eigenvalue weighted by atomic mass is 10.1. The Bertz CT molecular complexity index is 866. The first-order valence-electron chi connectivity index (χ1n) is 9.92. The smallest absolute Gasteiger partial charge is 0.251 e. The Kier molecular flexibility index (Phi) is 9.22. The molecule has 162 valence electrons. The van der Waals surface area contributed by atoms with Gasteiger partial charge in [-0.2, -0.15) is 0 Å². The Morgan fingerprint density at radius 1 is 1.10 bits per heavy atom. The number of guanidine groups is 1. The maximum Gasteiger partial charge on any atom is 0.251 e. The Balaban J connectivity index is 0.00000320. The molecule has 1 heterocycles. The average molecular weight is 523 g/mol. The van der Waals surface area contributed by atoms with Gasteiger partial charge in [0.25, 0.3) is 5.91 Å². The van der Waals surface area contributed by atoms with Crippen molar-refractivity contribution >= 4 is 41.5 Å². The molecule has 1 amide bonds. The van der Waals surface area contributed by atoms with Gasteiger partial charge in [-0.3, -0.25) is 9.79 Å². The molecule has 8 heteroatoms. The molecule has 3 N–H and O–H groups in total. The van der Waals surface area contributed by atoms with Gasteiger partial charge >= 0.3 is 0 Å². The summed E-state index contributed by atoms with van der Waals surface area (Å²) in [5.41, 5.74) is 2.67. The third kappa shape index (κ3) is 6.01. The highest BCUT2D eigenvalue weighted by atomic mass is 127. The molecule has 2 aromatic rings. The monoisotopic (exact) mass is 523 g/mol. The van der Waals surface area contributed by atoms with Crippen LogP contribution in [0.4, 0.5) is 5.69 Å². The van der Waals surface area contributed by atoms with Gasteiger partial charge in [-0.05, 0) is 36.2 Å². The number of halogens is 1. The number of carbonyl (C=O) groups is 1. The predicted molar refractivity (Wildman–Crippen MR) is 132 cm³/mol. The van der Waals surface area contributed by atoms with E-state index in [2.05, 4.69) is 25.4 Å². The number of nitrogens with zero attached hydrogens (tertiary/aromatic N) is 3. The first-order chi connectivity index (χ1) is 14.1. The second-order valence-corrected chi connectivity index (χ2v) is 6.97. The van der Waals surface area contributed by atoms with Crippen molar-refractivity contribution in [3.8, 4) is 5.75 Å². The SMILES string of the molecule is CN=C(NCCc1cccc(C(=O)NC)c1)N1CCN(c2ccccc2O)CC1.I. The normalized spacial score (nSPS) is 14.1. The van der Waals surface area contributed by atoms with Crippen molar-refractivity contribution in [2.75, 3.05) is 51.7 Å². The number of nitrogens with one attached hydrogen (secondary N) is 2. The van der Waals surface area contributed by atoms with Crippen LogP contribution in [0.1, 0.15) is 15.9 Å². The molecule has 2 aromatic carbocycles. The number of hydrogen-bond donors (Lipinski definition) is 3. The fourth-order valence-corrected chi connectivity index (χ4v) is 3.55. The summed E-state index contributed by atoms with van der Waals surface area (Å²) in [6.45, 7) is 4.06. The molecule has 30 heavy (non-hydrogen) atoms. The molecule has 7 nitrogen and oxygen atoms in total. The molecule has 1 aliphatic heterocycles. The van der Waals surface area contributed by atoms with Gasteiger partial charge in [-0.25, -0.2) is 0 Å². The van der Waals surface area contributed by atoms with Gasteiger partial charge in [0.05, 0.1) is 5.69 Å². The van der Waals surface area contributed by atoms with E-state index in [9.17, 15) is 9.90 Å².